The Kier molecular flexibility index (Phi) is 8.05. The molecule has 2 aromatic rings. The first-order valence-corrected chi connectivity index (χ1v) is 13.0. The average molecular weight is 507 g/mol. The zero-order valence-corrected chi connectivity index (χ0v) is 22.6. The number of hydrogen-bond donors (Lipinski definition) is 1. The lowest BCUT2D eigenvalue weighted by Gasteiger charge is -2.29. The molecule has 1 atom stereocenters. The number of likely N-dealkylation sites (tertiary alicyclic amines) is 1. The number of quaternary nitrogens is 1. The van der Waals surface area contributed by atoms with Crippen molar-refractivity contribution in [3.8, 4) is 5.75 Å². The Morgan fingerprint density at radius 2 is 1.78 bits per heavy atom. The molecule has 198 valence electrons. The number of ether oxygens (including phenoxy) is 2. The van der Waals surface area contributed by atoms with E-state index < -0.39 is 23.5 Å². The predicted molar refractivity (Wildman–Crippen MR) is 140 cm³/mol. The fraction of sp³-hybridized carbons (Fsp3) is 0.467. The number of morpholine rings is 1. The molecule has 4 rings (SSSR count). The molecule has 37 heavy (non-hydrogen) atoms. The third-order valence-electron chi connectivity index (χ3n) is 7.41. The van der Waals surface area contributed by atoms with Crippen molar-refractivity contribution in [1.82, 2.24) is 4.90 Å². The minimum Gasteiger partial charge on any atom is -0.872 e. The van der Waals surface area contributed by atoms with Crippen molar-refractivity contribution in [2.45, 2.75) is 45.6 Å². The Bertz CT molecular complexity index is 1170. The van der Waals surface area contributed by atoms with Gasteiger partial charge in [0, 0.05) is 18.5 Å². The molecule has 2 aromatic carbocycles. The van der Waals surface area contributed by atoms with Gasteiger partial charge in [-0.2, -0.15) is 0 Å². The third-order valence-corrected chi connectivity index (χ3v) is 7.41. The number of aryl methyl sites for hydroxylation is 1. The summed E-state index contributed by atoms with van der Waals surface area (Å²) in [6.45, 7) is 12.9. The molecule has 0 aromatic heterocycles. The fourth-order valence-corrected chi connectivity index (χ4v) is 5.20. The Labute approximate surface area is 219 Å². The molecule has 0 saturated carbocycles. The van der Waals surface area contributed by atoms with Crippen molar-refractivity contribution in [2.24, 2.45) is 0 Å². The summed E-state index contributed by atoms with van der Waals surface area (Å²) in [6.07, 6.45) is 0.744. The molecule has 1 unspecified atom stereocenters. The maximum absolute atomic E-state index is 13.7. The van der Waals surface area contributed by atoms with Gasteiger partial charge in [-0.05, 0) is 46.7 Å². The van der Waals surface area contributed by atoms with Gasteiger partial charge in [0.1, 0.15) is 18.8 Å². The second kappa shape index (κ2) is 11.1. The van der Waals surface area contributed by atoms with E-state index in [1.54, 1.807) is 30.2 Å². The summed E-state index contributed by atoms with van der Waals surface area (Å²) < 4.78 is 10.8. The first kappa shape index (κ1) is 26.9. The fourth-order valence-electron chi connectivity index (χ4n) is 5.20. The minimum absolute atomic E-state index is 0.0248. The number of benzene rings is 2. The van der Waals surface area contributed by atoms with Gasteiger partial charge in [0.2, 0.25) is 5.78 Å². The van der Waals surface area contributed by atoms with E-state index >= 15 is 0 Å². The number of carbonyl (C=O) groups is 2. The van der Waals surface area contributed by atoms with E-state index in [0.29, 0.717) is 17.9 Å². The van der Waals surface area contributed by atoms with Crippen LogP contribution in [0.4, 0.5) is 0 Å². The molecule has 1 N–H and O–H groups in total. The van der Waals surface area contributed by atoms with Crippen molar-refractivity contribution in [1.29, 1.82) is 0 Å². The Morgan fingerprint density at radius 1 is 1.11 bits per heavy atom. The van der Waals surface area contributed by atoms with Crippen LogP contribution in [0.25, 0.3) is 5.76 Å². The van der Waals surface area contributed by atoms with Crippen molar-refractivity contribution < 1.29 is 29.1 Å². The maximum atomic E-state index is 13.7. The normalized spacial score (nSPS) is 20.5. The lowest BCUT2D eigenvalue weighted by Crippen LogP contribution is -3.14. The maximum Gasteiger partial charge on any atom is 0.295 e. The van der Waals surface area contributed by atoms with Crippen molar-refractivity contribution in [3.63, 3.8) is 0 Å². The van der Waals surface area contributed by atoms with Crippen molar-refractivity contribution >= 4 is 17.4 Å². The molecule has 2 saturated heterocycles. The lowest BCUT2D eigenvalue weighted by atomic mass is 9.85. The summed E-state index contributed by atoms with van der Waals surface area (Å²) in [4.78, 5) is 29.6. The summed E-state index contributed by atoms with van der Waals surface area (Å²) in [5.41, 5.74) is 3.08. The van der Waals surface area contributed by atoms with Crippen molar-refractivity contribution in [3.05, 3.63) is 70.3 Å². The summed E-state index contributed by atoms with van der Waals surface area (Å²) in [7, 11) is 1.57. The topological polar surface area (TPSA) is 83.3 Å². The van der Waals surface area contributed by atoms with Gasteiger partial charge in [-0.15, -0.1) is 0 Å². The number of amides is 1. The van der Waals surface area contributed by atoms with Crippen LogP contribution in [0.2, 0.25) is 0 Å². The zero-order valence-electron chi connectivity index (χ0n) is 22.6. The number of carbonyl (C=O) groups excluding carboxylic acids is 2. The standard InChI is InChI=1S/C30H38N2O5/c1-20-19-22(9-12-24(20)36-5)27(33)25-26(21-7-10-23(11-8-21)30(2,3)4)32(29(35)28(25)34)14-6-13-31-15-17-37-18-16-31/h7-12,19,26,33H,6,13-18H2,1-5H3. The highest BCUT2D eigenvalue weighted by Crippen LogP contribution is 2.39. The summed E-state index contributed by atoms with van der Waals surface area (Å²) in [5.74, 6) is -1.05. The summed E-state index contributed by atoms with van der Waals surface area (Å²) >= 11 is 0. The zero-order chi connectivity index (χ0) is 26.7. The van der Waals surface area contributed by atoms with E-state index in [2.05, 4.69) is 20.8 Å². The number of ketones is 1. The minimum atomic E-state index is -0.706. The van der Waals surface area contributed by atoms with Crippen LogP contribution in [-0.2, 0) is 19.7 Å². The van der Waals surface area contributed by atoms with Gasteiger partial charge in [-0.25, -0.2) is 0 Å². The van der Waals surface area contributed by atoms with Gasteiger partial charge in [-0.1, -0.05) is 56.9 Å². The molecule has 0 aliphatic carbocycles. The molecule has 1 amide bonds. The molecule has 2 aliphatic heterocycles. The number of hydrogen-bond acceptors (Lipinski definition) is 5. The molecule has 2 heterocycles. The predicted octanol–water partition coefficient (Wildman–Crippen LogP) is 1.83. The first-order chi connectivity index (χ1) is 17.6. The highest BCUT2D eigenvalue weighted by atomic mass is 16.5. The van der Waals surface area contributed by atoms with Gasteiger partial charge in [0.25, 0.3) is 5.91 Å². The quantitative estimate of drug-likeness (QED) is 0.352. The second-order valence-electron chi connectivity index (χ2n) is 11.0. The molecular formula is C30H38N2O5. The Hall–Kier alpha value is -3.16. The number of nitrogens with zero attached hydrogens (tertiary/aromatic N) is 1. The number of rotatable bonds is 7. The van der Waals surface area contributed by atoms with Gasteiger partial charge >= 0.3 is 0 Å². The van der Waals surface area contributed by atoms with E-state index in [1.165, 1.54) is 4.90 Å². The van der Waals surface area contributed by atoms with Crippen LogP contribution in [0.3, 0.4) is 0 Å². The molecule has 7 heteroatoms. The van der Waals surface area contributed by atoms with Crippen LogP contribution in [0.5, 0.6) is 5.75 Å². The molecule has 0 bridgehead atoms. The number of nitrogens with one attached hydrogen (secondary N) is 1. The van der Waals surface area contributed by atoms with Crippen molar-refractivity contribution in [2.75, 3.05) is 46.5 Å². The molecule has 0 radical (unpaired) electrons. The van der Waals surface area contributed by atoms with E-state index in [4.69, 9.17) is 9.47 Å². The van der Waals surface area contributed by atoms with Crippen LogP contribution in [0.1, 0.15) is 55.5 Å². The molecule has 7 nitrogen and oxygen atoms in total. The first-order valence-electron chi connectivity index (χ1n) is 13.0. The van der Waals surface area contributed by atoms with E-state index in [1.807, 2.05) is 31.2 Å². The molecule has 2 aliphatic rings. The Morgan fingerprint density at radius 3 is 2.38 bits per heavy atom. The second-order valence-corrected chi connectivity index (χ2v) is 11.0. The summed E-state index contributed by atoms with van der Waals surface area (Å²) in [5, 5.41) is 13.7. The number of Topliss-reactive ketones (excluding diaryl/α,β-unsaturated/α-hetero) is 1. The van der Waals surface area contributed by atoms with Gasteiger partial charge in [0.15, 0.2) is 0 Å². The molecule has 0 spiro atoms. The average Bonchev–Trinajstić information content (AvgIpc) is 3.13. The van der Waals surface area contributed by atoms with E-state index in [0.717, 1.165) is 56.0 Å². The third kappa shape index (κ3) is 5.73. The highest BCUT2D eigenvalue weighted by Gasteiger charge is 2.44. The molecule has 2 fully saturated rings. The van der Waals surface area contributed by atoms with Crippen LogP contribution in [-0.4, -0.2) is 63.1 Å². The van der Waals surface area contributed by atoms with Crippen LogP contribution in [0.15, 0.2) is 48.0 Å². The number of methoxy groups -OCH3 is 1. The van der Waals surface area contributed by atoms with Gasteiger partial charge in [0.05, 0.1) is 32.9 Å². The van der Waals surface area contributed by atoms with Crippen LogP contribution >= 0.6 is 0 Å². The lowest BCUT2D eigenvalue weighted by molar-refractivity contribution is -0.908. The van der Waals surface area contributed by atoms with Crippen LogP contribution in [0, 0.1) is 6.92 Å². The van der Waals surface area contributed by atoms with E-state index in [9.17, 15) is 14.7 Å². The summed E-state index contributed by atoms with van der Waals surface area (Å²) in [6, 6.07) is 12.3. The monoisotopic (exact) mass is 506 g/mol. The SMILES string of the molecule is COc1ccc(C([O-])=C2C(=O)C(=O)N(CCC[NH+]3CCOCC3)C2c2ccc(C(C)(C)C)cc2)cc1C. The van der Waals surface area contributed by atoms with Crippen LogP contribution < -0.4 is 14.7 Å². The smallest absolute Gasteiger partial charge is 0.295 e. The highest BCUT2D eigenvalue weighted by molar-refractivity contribution is 6.46. The molecular weight excluding hydrogens is 468 g/mol. The van der Waals surface area contributed by atoms with Gasteiger partial charge < -0.3 is 24.4 Å². The van der Waals surface area contributed by atoms with Gasteiger partial charge in [-0.3, -0.25) is 9.59 Å². The largest absolute Gasteiger partial charge is 0.872 e. The Balaban J connectivity index is 1.71. The van der Waals surface area contributed by atoms with E-state index in [-0.39, 0.29) is 11.0 Å².